The van der Waals surface area contributed by atoms with Crippen LogP contribution in [0.4, 0.5) is 5.82 Å². The largest absolute Gasteiger partial charge is 0.462 e. The summed E-state index contributed by atoms with van der Waals surface area (Å²) in [6, 6.07) is 0. The first-order chi connectivity index (χ1) is 9.04. The van der Waals surface area contributed by atoms with E-state index < -0.39 is 12.5 Å². The van der Waals surface area contributed by atoms with Crippen LogP contribution < -0.4 is 5.73 Å². The highest BCUT2D eigenvalue weighted by atomic mass is 16.6. The Morgan fingerprint density at radius 1 is 1.47 bits per heavy atom. The molecule has 0 bridgehead atoms. The average molecular weight is 265 g/mol. The fourth-order valence-electron chi connectivity index (χ4n) is 1.50. The van der Waals surface area contributed by atoms with Crippen LogP contribution in [0.25, 0.3) is 11.2 Å². The summed E-state index contributed by atoms with van der Waals surface area (Å²) in [6.45, 7) is 3.30. The molecule has 0 amide bonds. The number of ether oxygens (including phenoxy) is 1. The Morgan fingerprint density at radius 3 is 2.84 bits per heavy atom. The molecular formula is C10H11N5O4. The molecule has 2 aromatic rings. The van der Waals surface area contributed by atoms with Gasteiger partial charge >= 0.3 is 0 Å². The minimum atomic E-state index is -1.91. The first kappa shape index (κ1) is 12.9. The van der Waals surface area contributed by atoms with Gasteiger partial charge < -0.3 is 20.7 Å². The van der Waals surface area contributed by atoms with Gasteiger partial charge in [-0.05, 0) is 0 Å². The minimum Gasteiger partial charge on any atom is -0.462 e. The molecule has 1 atom stereocenters. The maximum Gasteiger partial charge on any atom is 0.229 e. The molecule has 0 aliphatic rings. The Balaban J connectivity index is 2.48. The monoisotopic (exact) mass is 265 g/mol. The van der Waals surface area contributed by atoms with Crippen LogP contribution in [0.15, 0.2) is 25.0 Å². The van der Waals surface area contributed by atoms with Crippen molar-refractivity contribution >= 4 is 23.3 Å². The maximum absolute atomic E-state index is 10.5. The number of nitrogens with zero attached hydrogens (tertiary/aromatic N) is 4. The topological polar surface area (TPSA) is 136 Å². The Morgan fingerprint density at radius 2 is 2.21 bits per heavy atom. The number of allylic oxidation sites excluding steroid dienone is 1. The number of aromatic nitrogens is 4. The predicted molar refractivity (Wildman–Crippen MR) is 63.3 cm³/mol. The van der Waals surface area contributed by atoms with Crippen molar-refractivity contribution in [1.29, 1.82) is 0 Å². The Kier molecular flexibility index (Phi) is 3.40. The summed E-state index contributed by atoms with van der Waals surface area (Å²) in [4.78, 5) is 22.1. The van der Waals surface area contributed by atoms with Gasteiger partial charge in [-0.2, -0.15) is 0 Å². The van der Waals surface area contributed by atoms with Gasteiger partial charge in [-0.3, -0.25) is 9.36 Å². The van der Waals surface area contributed by atoms with Crippen molar-refractivity contribution in [3.8, 4) is 0 Å². The van der Waals surface area contributed by atoms with E-state index in [0.29, 0.717) is 6.29 Å². The van der Waals surface area contributed by atoms with Gasteiger partial charge in [0.25, 0.3) is 0 Å². The van der Waals surface area contributed by atoms with Gasteiger partial charge in [0.05, 0.1) is 0 Å². The van der Waals surface area contributed by atoms with E-state index in [1.54, 1.807) is 0 Å². The van der Waals surface area contributed by atoms with Crippen molar-refractivity contribution in [3.05, 3.63) is 25.0 Å². The summed E-state index contributed by atoms with van der Waals surface area (Å²) in [5, 5.41) is 18.6. The average Bonchev–Trinajstić information content (AvgIpc) is 2.80. The van der Waals surface area contributed by atoms with Crippen molar-refractivity contribution in [3.63, 3.8) is 0 Å². The van der Waals surface area contributed by atoms with Crippen LogP contribution in [-0.4, -0.2) is 42.3 Å². The molecular weight excluding hydrogens is 254 g/mol. The van der Waals surface area contributed by atoms with Gasteiger partial charge in [0.1, 0.15) is 18.2 Å². The molecule has 0 saturated carbocycles. The summed E-state index contributed by atoms with van der Waals surface area (Å²) < 4.78 is 6.23. The van der Waals surface area contributed by atoms with Crippen molar-refractivity contribution in [1.82, 2.24) is 19.5 Å². The number of carbonyl (C=O) groups is 1. The number of rotatable bonds is 5. The summed E-state index contributed by atoms with van der Waals surface area (Å²) in [5.41, 5.74) is 6.13. The van der Waals surface area contributed by atoms with E-state index in [1.165, 1.54) is 17.2 Å². The minimum absolute atomic E-state index is 0.143. The molecule has 100 valence electrons. The van der Waals surface area contributed by atoms with E-state index in [9.17, 15) is 15.0 Å². The van der Waals surface area contributed by atoms with Crippen LogP contribution in [0, 0.1) is 0 Å². The zero-order valence-electron chi connectivity index (χ0n) is 9.67. The van der Waals surface area contributed by atoms with Crippen molar-refractivity contribution in [2.24, 2.45) is 0 Å². The van der Waals surface area contributed by atoms with Crippen LogP contribution in [0.3, 0.4) is 0 Å². The van der Waals surface area contributed by atoms with Crippen molar-refractivity contribution < 1.29 is 19.7 Å². The zero-order chi connectivity index (χ0) is 14.0. The van der Waals surface area contributed by atoms with Gasteiger partial charge in [-0.15, -0.1) is 0 Å². The quantitative estimate of drug-likeness (QED) is 0.269. The van der Waals surface area contributed by atoms with Crippen LogP contribution in [0.1, 0.15) is 6.23 Å². The molecule has 2 rings (SSSR count). The van der Waals surface area contributed by atoms with E-state index in [0.717, 1.165) is 0 Å². The maximum atomic E-state index is 10.5. The number of anilines is 1. The number of aliphatic hydroxyl groups excluding tert-OH is 1. The first-order valence-electron chi connectivity index (χ1n) is 5.14. The smallest absolute Gasteiger partial charge is 0.229 e. The number of hydrogen-bond acceptors (Lipinski definition) is 8. The third kappa shape index (κ3) is 2.37. The summed E-state index contributed by atoms with van der Waals surface area (Å²) >= 11 is 0. The second-order valence-corrected chi connectivity index (χ2v) is 3.59. The highest BCUT2D eigenvalue weighted by molar-refractivity contribution is 5.81. The third-order valence-electron chi connectivity index (χ3n) is 2.32. The lowest BCUT2D eigenvalue weighted by atomic mass is 10.4. The number of aldehydes is 1. The van der Waals surface area contributed by atoms with Crippen LogP contribution in [0.5, 0.6) is 0 Å². The molecule has 4 N–H and O–H groups in total. The van der Waals surface area contributed by atoms with Gasteiger partial charge in [0.15, 0.2) is 23.5 Å². The Labute approximate surface area is 107 Å². The van der Waals surface area contributed by atoms with Crippen LogP contribution in [0.2, 0.25) is 0 Å². The highest BCUT2D eigenvalue weighted by Gasteiger charge is 2.24. The molecule has 0 aliphatic carbocycles. The lowest BCUT2D eigenvalue weighted by Crippen LogP contribution is -2.26. The van der Waals surface area contributed by atoms with Gasteiger partial charge in [-0.1, -0.05) is 6.58 Å². The number of aliphatic hydroxyl groups is 2. The zero-order valence-corrected chi connectivity index (χ0v) is 9.67. The van der Waals surface area contributed by atoms with E-state index in [4.69, 9.17) is 10.5 Å². The fourth-order valence-corrected chi connectivity index (χ4v) is 1.50. The summed E-state index contributed by atoms with van der Waals surface area (Å²) in [6.07, 6.45) is -0.441. The molecule has 0 fully saturated rings. The number of hydrogen-bond donors (Lipinski definition) is 3. The molecule has 9 heteroatoms. The second kappa shape index (κ2) is 5.00. The fraction of sp³-hybridized carbons (Fsp3) is 0.200. The van der Waals surface area contributed by atoms with Gasteiger partial charge in [0.2, 0.25) is 12.5 Å². The van der Waals surface area contributed by atoms with Crippen molar-refractivity contribution in [2.75, 3.05) is 5.73 Å². The Hall–Kier alpha value is -2.52. The summed E-state index contributed by atoms with van der Waals surface area (Å²) in [5.74, 6) is -0.119. The number of imidazole rings is 1. The molecule has 0 saturated heterocycles. The molecule has 0 radical (unpaired) electrons. The molecule has 2 aromatic heterocycles. The molecule has 0 aliphatic heterocycles. The lowest BCUT2D eigenvalue weighted by molar-refractivity contribution is -0.161. The third-order valence-corrected chi connectivity index (χ3v) is 2.32. The van der Waals surface area contributed by atoms with Crippen molar-refractivity contribution in [2.45, 2.75) is 12.5 Å². The highest BCUT2D eigenvalue weighted by Crippen LogP contribution is 2.22. The number of nitrogens with two attached hydrogens (primary N) is 1. The lowest BCUT2D eigenvalue weighted by Gasteiger charge is -2.21. The molecule has 1 unspecified atom stereocenters. The summed E-state index contributed by atoms with van der Waals surface area (Å²) in [7, 11) is 0. The van der Waals surface area contributed by atoms with Crippen LogP contribution in [-0.2, 0) is 9.53 Å². The van der Waals surface area contributed by atoms with E-state index >= 15 is 0 Å². The predicted octanol–water partition coefficient (Wildman–Crippen LogP) is -1.05. The number of nitrogen functional groups attached to an aromatic ring is 1. The Bertz CT molecular complexity index is 623. The van der Waals surface area contributed by atoms with E-state index in [1.807, 2.05) is 0 Å². The molecule has 19 heavy (non-hydrogen) atoms. The molecule has 0 spiro atoms. The molecule has 0 aromatic carbocycles. The number of carbonyl (C=O) groups excluding carboxylic acids is 1. The second-order valence-electron chi connectivity index (χ2n) is 3.59. The molecule has 2 heterocycles. The normalized spacial score (nSPS) is 12.6. The van der Waals surface area contributed by atoms with Crippen LogP contribution >= 0.6 is 0 Å². The standard InChI is InChI=1S/C10H11N5O4/c1-5(2-16)19-9(10(17)18)15-4-14-6-7(11)12-3-13-8(6)15/h2-4,9-10,17-18H,1H2,(H2,11,12,13). The number of fused-ring (bicyclic) bond motifs is 1. The molecule has 9 nitrogen and oxygen atoms in total. The van der Waals surface area contributed by atoms with Gasteiger partial charge in [0, 0.05) is 0 Å². The SMILES string of the molecule is C=C(C=O)OC(C(O)O)n1cnc2c(N)ncnc21. The first-order valence-corrected chi connectivity index (χ1v) is 5.14. The van der Waals surface area contributed by atoms with E-state index in [2.05, 4.69) is 21.5 Å². The van der Waals surface area contributed by atoms with Gasteiger partial charge in [-0.25, -0.2) is 15.0 Å². The van der Waals surface area contributed by atoms with E-state index in [-0.39, 0.29) is 22.7 Å².